The van der Waals surface area contributed by atoms with Crippen LogP contribution in [0.25, 0.3) is 6.08 Å². The van der Waals surface area contributed by atoms with Crippen molar-refractivity contribution in [3.05, 3.63) is 71.6 Å². The Bertz CT molecular complexity index is 693. The van der Waals surface area contributed by atoms with Crippen LogP contribution in [0.2, 0.25) is 0 Å². The van der Waals surface area contributed by atoms with Crippen LogP contribution in [0.3, 0.4) is 0 Å². The molecule has 0 saturated carbocycles. The van der Waals surface area contributed by atoms with Crippen LogP contribution >= 0.6 is 0 Å². The van der Waals surface area contributed by atoms with E-state index in [1.54, 1.807) is 6.07 Å². The van der Waals surface area contributed by atoms with Gasteiger partial charge in [0.1, 0.15) is 5.82 Å². The van der Waals surface area contributed by atoms with E-state index >= 15 is 0 Å². The van der Waals surface area contributed by atoms with Crippen molar-refractivity contribution in [1.82, 2.24) is 0 Å². The number of amides is 1. The Morgan fingerprint density at radius 3 is 2.48 bits per heavy atom. The molecule has 0 radical (unpaired) electrons. The van der Waals surface area contributed by atoms with Crippen molar-refractivity contribution in [2.24, 2.45) is 0 Å². The number of carboxylic acids is 1. The molecule has 1 amide bonds. The van der Waals surface area contributed by atoms with Crippen molar-refractivity contribution in [3.63, 3.8) is 0 Å². The van der Waals surface area contributed by atoms with E-state index in [1.807, 2.05) is 0 Å². The first kappa shape index (κ1) is 14.5. The highest BCUT2D eigenvalue weighted by Gasteiger charge is 2.00. The molecule has 0 unspecified atom stereocenters. The molecule has 0 heterocycles. The zero-order chi connectivity index (χ0) is 15.2. The number of nitrogens with one attached hydrogen (secondary N) is 1. The lowest BCUT2D eigenvalue weighted by Gasteiger charge is -2.06. The van der Waals surface area contributed by atoms with E-state index in [4.69, 9.17) is 0 Å². The van der Waals surface area contributed by atoms with Crippen LogP contribution < -0.4 is 10.4 Å². The fourth-order valence-electron chi connectivity index (χ4n) is 1.65. The zero-order valence-electron chi connectivity index (χ0n) is 10.9. The van der Waals surface area contributed by atoms with Crippen LogP contribution in [-0.4, -0.2) is 11.9 Å². The van der Waals surface area contributed by atoms with E-state index in [0.29, 0.717) is 11.3 Å². The summed E-state index contributed by atoms with van der Waals surface area (Å²) in [5, 5.41) is 13.2. The monoisotopic (exact) mass is 284 g/mol. The predicted molar refractivity (Wildman–Crippen MR) is 74.8 cm³/mol. The summed E-state index contributed by atoms with van der Waals surface area (Å²) in [5.41, 5.74) is 1.01. The first-order chi connectivity index (χ1) is 10.0. The zero-order valence-corrected chi connectivity index (χ0v) is 10.9. The third kappa shape index (κ3) is 4.28. The molecule has 2 aromatic carbocycles. The first-order valence-electron chi connectivity index (χ1n) is 6.10. The highest BCUT2D eigenvalue weighted by molar-refractivity contribution is 6.02. The second-order valence-corrected chi connectivity index (χ2v) is 4.24. The lowest BCUT2D eigenvalue weighted by atomic mass is 10.2. The van der Waals surface area contributed by atoms with Crippen molar-refractivity contribution < 1.29 is 19.1 Å². The quantitative estimate of drug-likeness (QED) is 0.871. The highest BCUT2D eigenvalue weighted by atomic mass is 19.1. The fourth-order valence-corrected chi connectivity index (χ4v) is 1.65. The third-order valence-electron chi connectivity index (χ3n) is 2.66. The number of hydrogen-bond donors (Lipinski definition) is 1. The van der Waals surface area contributed by atoms with Gasteiger partial charge in [0.2, 0.25) is 5.91 Å². The summed E-state index contributed by atoms with van der Waals surface area (Å²) in [7, 11) is 0. The number of carbonyl (C=O) groups excluding carboxylic acids is 2. The summed E-state index contributed by atoms with van der Waals surface area (Å²) >= 11 is 0. The van der Waals surface area contributed by atoms with E-state index in [2.05, 4.69) is 5.32 Å². The van der Waals surface area contributed by atoms with Gasteiger partial charge >= 0.3 is 0 Å². The van der Waals surface area contributed by atoms with Gasteiger partial charge in [0.25, 0.3) is 0 Å². The Balaban J connectivity index is 2.03. The molecule has 0 atom stereocenters. The van der Waals surface area contributed by atoms with E-state index in [9.17, 15) is 19.1 Å². The van der Waals surface area contributed by atoms with Gasteiger partial charge in [0.15, 0.2) is 0 Å². The first-order valence-corrected chi connectivity index (χ1v) is 6.10. The van der Waals surface area contributed by atoms with E-state index in [0.717, 1.165) is 0 Å². The van der Waals surface area contributed by atoms with Gasteiger partial charge in [-0.3, -0.25) is 4.79 Å². The van der Waals surface area contributed by atoms with Gasteiger partial charge in [0, 0.05) is 11.8 Å². The summed E-state index contributed by atoms with van der Waals surface area (Å²) < 4.78 is 12.7. The van der Waals surface area contributed by atoms with Crippen molar-refractivity contribution in [1.29, 1.82) is 0 Å². The lowest BCUT2D eigenvalue weighted by Crippen LogP contribution is -2.22. The summed E-state index contributed by atoms with van der Waals surface area (Å²) in [5.74, 6) is -2.08. The molecule has 21 heavy (non-hydrogen) atoms. The minimum atomic E-state index is -1.31. The fraction of sp³-hybridized carbons (Fsp3) is 0. The Hall–Kier alpha value is -2.95. The van der Waals surface area contributed by atoms with E-state index < -0.39 is 11.9 Å². The second kappa shape index (κ2) is 6.47. The van der Waals surface area contributed by atoms with Crippen LogP contribution in [0.5, 0.6) is 0 Å². The van der Waals surface area contributed by atoms with Gasteiger partial charge in [-0.1, -0.05) is 24.3 Å². The number of rotatable bonds is 4. The van der Waals surface area contributed by atoms with Gasteiger partial charge in [-0.2, -0.15) is 0 Å². The summed E-state index contributed by atoms with van der Waals surface area (Å²) in [4.78, 5) is 22.4. The summed E-state index contributed by atoms with van der Waals surface area (Å²) in [6.07, 6.45) is 2.80. The molecule has 5 heteroatoms. The topological polar surface area (TPSA) is 69.2 Å². The normalized spacial score (nSPS) is 10.5. The summed E-state index contributed by atoms with van der Waals surface area (Å²) in [6.45, 7) is 0. The van der Waals surface area contributed by atoms with Crippen LogP contribution in [0, 0.1) is 5.82 Å². The smallest absolute Gasteiger partial charge is 0.248 e. The van der Waals surface area contributed by atoms with Gasteiger partial charge in [-0.25, -0.2) is 4.39 Å². The predicted octanol–water partition coefficient (Wildman–Crippen LogP) is 1.84. The molecule has 0 spiro atoms. The third-order valence-corrected chi connectivity index (χ3v) is 2.66. The second-order valence-electron chi connectivity index (χ2n) is 4.24. The van der Waals surface area contributed by atoms with E-state index in [-0.39, 0.29) is 11.4 Å². The standard InChI is InChI=1S/C16H12FNO3/c17-13-7-4-11(5-8-13)6-9-15(19)18-14-3-1-2-12(10-14)16(20)21/h1-10H,(H,18,19)(H,20,21)/p-1/b9-6+. The maximum Gasteiger partial charge on any atom is 0.248 e. The average Bonchev–Trinajstić information content (AvgIpc) is 2.47. The number of halogens is 1. The maximum atomic E-state index is 12.7. The minimum Gasteiger partial charge on any atom is -0.545 e. The van der Waals surface area contributed by atoms with Gasteiger partial charge < -0.3 is 15.2 Å². The number of carboxylic acid groups (broad SMARTS) is 1. The molecule has 2 rings (SSSR count). The molecular formula is C16H11FNO3-. The van der Waals surface area contributed by atoms with Crippen molar-refractivity contribution >= 4 is 23.6 Å². The van der Waals surface area contributed by atoms with Gasteiger partial charge in [0.05, 0.1) is 5.97 Å². The molecule has 0 fully saturated rings. The Morgan fingerprint density at radius 2 is 1.81 bits per heavy atom. The largest absolute Gasteiger partial charge is 0.545 e. The number of hydrogen-bond acceptors (Lipinski definition) is 3. The Morgan fingerprint density at radius 1 is 1.10 bits per heavy atom. The Labute approximate surface area is 120 Å². The highest BCUT2D eigenvalue weighted by Crippen LogP contribution is 2.10. The van der Waals surface area contributed by atoms with Crippen molar-refractivity contribution in [3.8, 4) is 0 Å². The number of anilines is 1. The van der Waals surface area contributed by atoms with E-state index in [1.165, 1.54) is 54.6 Å². The molecule has 0 saturated heterocycles. The SMILES string of the molecule is O=C(/C=C/c1ccc(F)cc1)Nc1cccc(C(=O)[O-])c1. The number of aromatic carboxylic acids is 1. The van der Waals surface area contributed by atoms with Crippen LogP contribution in [-0.2, 0) is 4.79 Å². The molecule has 0 bridgehead atoms. The van der Waals surface area contributed by atoms with Crippen molar-refractivity contribution in [2.45, 2.75) is 0 Å². The maximum absolute atomic E-state index is 12.7. The molecule has 106 valence electrons. The number of benzene rings is 2. The number of carbonyl (C=O) groups is 2. The van der Waals surface area contributed by atoms with Gasteiger partial charge in [-0.05, 0) is 41.5 Å². The molecule has 0 aliphatic rings. The minimum absolute atomic E-state index is 0.0182. The molecule has 0 aromatic heterocycles. The van der Waals surface area contributed by atoms with Crippen LogP contribution in [0.1, 0.15) is 15.9 Å². The molecule has 1 N–H and O–H groups in total. The molecule has 0 aliphatic heterocycles. The average molecular weight is 284 g/mol. The van der Waals surface area contributed by atoms with Crippen LogP contribution in [0.4, 0.5) is 10.1 Å². The summed E-state index contributed by atoms with van der Waals surface area (Å²) in [6, 6.07) is 11.4. The molecular weight excluding hydrogens is 273 g/mol. The molecule has 4 nitrogen and oxygen atoms in total. The molecule has 0 aliphatic carbocycles. The lowest BCUT2D eigenvalue weighted by molar-refractivity contribution is -0.255. The van der Waals surface area contributed by atoms with Crippen LogP contribution in [0.15, 0.2) is 54.6 Å². The van der Waals surface area contributed by atoms with Crippen molar-refractivity contribution in [2.75, 3.05) is 5.32 Å². The van der Waals surface area contributed by atoms with Gasteiger partial charge in [-0.15, -0.1) is 0 Å². The Kier molecular flexibility index (Phi) is 4.46. The molecule has 2 aromatic rings.